The van der Waals surface area contributed by atoms with Gasteiger partial charge in [-0.2, -0.15) is 0 Å². The van der Waals surface area contributed by atoms with Crippen LogP contribution in [0.2, 0.25) is 5.02 Å². The van der Waals surface area contributed by atoms with Crippen molar-refractivity contribution in [1.82, 2.24) is 4.98 Å². The third-order valence-electron chi connectivity index (χ3n) is 1.32. The van der Waals surface area contributed by atoms with Gasteiger partial charge < -0.3 is 5.11 Å². The van der Waals surface area contributed by atoms with Gasteiger partial charge in [-0.25, -0.2) is 9.78 Å². The van der Waals surface area contributed by atoms with E-state index < -0.39 is 5.97 Å². The van der Waals surface area contributed by atoms with Crippen LogP contribution in [0.1, 0.15) is 16.1 Å². The molecule has 5 heteroatoms. The Bertz CT molecular complexity index is 314. The molecule has 3 nitrogen and oxygen atoms in total. The number of hydrogen-bond donors (Lipinski definition) is 1. The lowest BCUT2D eigenvalue weighted by Crippen LogP contribution is -2.02. The molecule has 0 saturated heterocycles. The first kappa shape index (κ1) is 9.29. The highest BCUT2D eigenvalue weighted by atomic mass is 35.5. The standard InChI is InChI=1S/C7H5Cl2NO2/c8-3-4-1-2-10-6(5(4)9)7(11)12/h1-2H,3H2,(H,11,12). The number of aromatic nitrogens is 1. The number of rotatable bonds is 2. The van der Waals surface area contributed by atoms with E-state index in [0.717, 1.165) is 0 Å². The monoisotopic (exact) mass is 205 g/mol. The second kappa shape index (κ2) is 3.74. The smallest absolute Gasteiger partial charge is 0.356 e. The van der Waals surface area contributed by atoms with Crippen molar-refractivity contribution in [2.24, 2.45) is 0 Å². The van der Waals surface area contributed by atoms with Crippen molar-refractivity contribution in [3.05, 3.63) is 28.5 Å². The van der Waals surface area contributed by atoms with E-state index in [1.54, 1.807) is 6.07 Å². The summed E-state index contributed by atoms with van der Waals surface area (Å²) in [5, 5.41) is 8.71. The van der Waals surface area contributed by atoms with Gasteiger partial charge >= 0.3 is 5.97 Å². The first-order valence-electron chi connectivity index (χ1n) is 3.09. The van der Waals surface area contributed by atoms with Gasteiger partial charge in [-0.1, -0.05) is 11.6 Å². The van der Waals surface area contributed by atoms with E-state index >= 15 is 0 Å². The summed E-state index contributed by atoms with van der Waals surface area (Å²) in [7, 11) is 0. The van der Waals surface area contributed by atoms with E-state index in [2.05, 4.69) is 4.98 Å². The van der Waals surface area contributed by atoms with Gasteiger partial charge in [0.05, 0.1) is 5.02 Å². The first-order valence-corrected chi connectivity index (χ1v) is 4.00. The minimum absolute atomic E-state index is 0.111. The lowest BCUT2D eigenvalue weighted by atomic mass is 10.2. The number of halogens is 2. The van der Waals surface area contributed by atoms with Crippen LogP contribution in [-0.2, 0) is 5.88 Å². The molecule has 1 aromatic heterocycles. The predicted molar refractivity (Wildman–Crippen MR) is 45.8 cm³/mol. The zero-order valence-corrected chi connectivity index (χ0v) is 7.43. The molecule has 1 heterocycles. The molecule has 0 bridgehead atoms. The lowest BCUT2D eigenvalue weighted by molar-refractivity contribution is 0.0690. The van der Waals surface area contributed by atoms with Gasteiger partial charge in [-0.15, -0.1) is 11.6 Å². The average molecular weight is 206 g/mol. The molecule has 0 aromatic carbocycles. The summed E-state index contributed by atoms with van der Waals surface area (Å²) in [4.78, 5) is 14.1. The minimum Gasteiger partial charge on any atom is -0.476 e. The van der Waals surface area contributed by atoms with Crippen LogP contribution in [0.15, 0.2) is 12.3 Å². The third kappa shape index (κ3) is 1.68. The van der Waals surface area contributed by atoms with Crippen LogP contribution < -0.4 is 0 Å². The van der Waals surface area contributed by atoms with Gasteiger partial charge in [0.25, 0.3) is 0 Å². The Labute approximate surface area is 78.9 Å². The molecule has 0 spiro atoms. The molecule has 12 heavy (non-hydrogen) atoms. The summed E-state index contributed by atoms with van der Waals surface area (Å²) in [6, 6.07) is 1.59. The number of carboxylic acids is 1. The molecule has 0 aliphatic carbocycles. The predicted octanol–water partition coefficient (Wildman–Crippen LogP) is 2.17. The molecule has 1 aromatic rings. The van der Waals surface area contributed by atoms with E-state index in [1.807, 2.05) is 0 Å². The fourth-order valence-electron chi connectivity index (χ4n) is 0.736. The van der Waals surface area contributed by atoms with Crippen molar-refractivity contribution in [2.45, 2.75) is 5.88 Å². The Balaban J connectivity index is 3.23. The number of alkyl halides is 1. The zero-order chi connectivity index (χ0) is 9.14. The fraction of sp³-hybridized carbons (Fsp3) is 0.143. The Kier molecular flexibility index (Phi) is 2.89. The zero-order valence-electron chi connectivity index (χ0n) is 5.92. The molecule has 0 aliphatic heterocycles. The Morgan fingerprint density at radius 2 is 2.33 bits per heavy atom. The molecular weight excluding hydrogens is 201 g/mol. The topological polar surface area (TPSA) is 50.2 Å². The molecule has 0 atom stereocenters. The summed E-state index contributed by atoms with van der Waals surface area (Å²) < 4.78 is 0. The first-order chi connectivity index (χ1) is 5.66. The van der Waals surface area contributed by atoms with Gasteiger partial charge in [0.1, 0.15) is 0 Å². The number of nitrogens with zero attached hydrogens (tertiary/aromatic N) is 1. The lowest BCUT2D eigenvalue weighted by Gasteiger charge is -2.01. The van der Waals surface area contributed by atoms with Crippen molar-refractivity contribution in [3.63, 3.8) is 0 Å². The molecule has 64 valence electrons. The molecular formula is C7H5Cl2NO2. The van der Waals surface area contributed by atoms with Gasteiger partial charge in [0.15, 0.2) is 5.69 Å². The maximum atomic E-state index is 10.5. The molecule has 0 saturated carbocycles. The molecule has 0 fully saturated rings. The van der Waals surface area contributed by atoms with Gasteiger partial charge in [0.2, 0.25) is 0 Å². The van der Waals surface area contributed by atoms with Crippen LogP contribution in [-0.4, -0.2) is 16.1 Å². The van der Waals surface area contributed by atoms with Gasteiger partial charge in [0, 0.05) is 12.1 Å². The van der Waals surface area contributed by atoms with E-state index in [4.69, 9.17) is 28.3 Å². The summed E-state index contributed by atoms with van der Waals surface area (Å²) in [6.07, 6.45) is 1.37. The van der Waals surface area contributed by atoms with Gasteiger partial charge in [-0.3, -0.25) is 0 Å². The van der Waals surface area contributed by atoms with E-state index in [-0.39, 0.29) is 16.6 Å². The molecule has 0 aliphatic rings. The molecule has 0 radical (unpaired) electrons. The largest absolute Gasteiger partial charge is 0.476 e. The third-order valence-corrected chi connectivity index (χ3v) is 2.03. The number of carboxylic acid groups (broad SMARTS) is 1. The molecule has 1 N–H and O–H groups in total. The number of aromatic carboxylic acids is 1. The molecule has 0 amide bonds. The Morgan fingerprint density at radius 1 is 1.67 bits per heavy atom. The number of pyridine rings is 1. The van der Waals surface area contributed by atoms with Crippen LogP contribution in [0, 0.1) is 0 Å². The van der Waals surface area contributed by atoms with E-state index in [1.165, 1.54) is 6.20 Å². The van der Waals surface area contributed by atoms with Crippen molar-refractivity contribution in [1.29, 1.82) is 0 Å². The molecule has 1 rings (SSSR count). The Hall–Kier alpha value is -0.800. The highest BCUT2D eigenvalue weighted by molar-refractivity contribution is 6.34. The summed E-state index contributed by atoms with van der Waals surface area (Å²) in [5.41, 5.74) is 0.417. The van der Waals surface area contributed by atoms with Crippen molar-refractivity contribution < 1.29 is 9.90 Å². The van der Waals surface area contributed by atoms with Crippen molar-refractivity contribution in [3.8, 4) is 0 Å². The SMILES string of the molecule is O=C(O)c1nccc(CCl)c1Cl. The summed E-state index contributed by atoms with van der Waals surface area (Å²) >= 11 is 11.2. The van der Waals surface area contributed by atoms with E-state index in [0.29, 0.717) is 5.56 Å². The van der Waals surface area contributed by atoms with Crippen LogP contribution in [0.5, 0.6) is 0 Å². The Morgan fingerprint density at radius 3 is 2.83 bits per heavy atom. The van der Waals surface area contributed by atoms with Gasteiger partial charge in [-0.05, 0) is 11.6 Å². The van der Waals surface area contributed by atoms with Crippen LogP contribution in [0.25, 0.3) is 0 Å². The number of hydrogen-bond acceptors (Lipinski definition) is 2. The normalized spacial score (nSPS) is 9.83. The number of carbonyl (C=O) groups is 1. The van der Waals surface area contributed by atoms with Crippen LogP contribution in [0.4, 0.5) is 0 Å². The summed E-state index contributed by atoms with van der Waals surface area (Å²) in [6.45, 7) is 0. The fourth-order valence-corrected chi connectivity index (χ4v) is 1.29. The van der Waals surface area contributed by atoms with E-state index in [9.17, 15) is 4.79 Å². The quantitative estimate of drug-likeness (QED) is 0.754. The summed E-state index contributed by atoms with van der Waals surface area (Å²) in [5.74, 6) is -0.964. The highest BCUT2D eigenvalue weighted by Gasteiger charge is 2.12. The van der Waals surface area contributed by atoms with Crippen LogP contribution >= 0.6 is 23.2 Å². The maximum Gasteiger partial charge on any atom is 0.356 e. The van der Waals surface area contributed by atoms with Crippen molar-refractivity contribution >= 4 is 29.2 Å². The average Bonchev–Trinajstić information content (AvgIpc) is 2.04. The molecule has 0 unspecified atom stereocenters. The van der Waals surface area contributed by atoms with Crippen LogP contribution in [0.3, 0.4) is 0 Å². The second-order valence-electron chi connectivity index (χ2n) is 2.07. The highest BCUT2D eigenvalue weighted by Crippen LogP contribution is 2.20. The second-order valence-corrected chi connectivity index (χ2v) is 2.72. The van der Waals surface area contributed by atoms with Crippen molar-refractivity contribution in [2.75, 3.05) is 0 Å². The maximum absolute atomic E-state index is 10.5. The minimum atomic E-state index is -1.15.